The molecule has 0 saturated carbocycles. The van der Waals surface area contributed by atoms with Crippen molar-refractivity contribution in [2.24, 2.45) is 5.92 Å². The van der Waals surface area contributed by atoms with Crippen molar-refractivity contribution in [3.8, 4) is 0 Å². The number of nitrogens with one attached hydrogen (secondary N) is 2. The van der Waals surface area contributed by atoms with E-state index in [-0.39, 0.29) is 22.5 Å². The van der Waals surface area contributed by atoms with E-state index in [2.05, 4.69) is 20.7 Å². The Morgan fingerprint density at radius 1 is 1.13 bits per heavy atom. The molecule has 1 amide bonds. The number of pyridine rings is 1. The number of amides is 1. The maximum Gasteiger partial charge on any atom is 0.416 e. The number of carbonyl (C=O) groups is 1. The Morgan fingerprint density at radius 2 is 1.84 bits per heavy atom. The molecule has 2 heterocycles. The molecular weight excluding hydrogens is 431 g/mol. The summed E-state index contributed by atoms with van der Waals surface area (Å²) in [6.45, 7) is 4.09. The van der Waals surface area contributed by atoms with Crippen LogP contribution in [0, 0.1) is 5.92 Å². The molecule has 3 rings (SSSR count). The average molecular weight is 452 g/mol. The summed E-state index contributed by atoms with van der Waals surface area (Å²) in [7, 11) is 0. The lowest BCUT2D eigenvalue weighted by molar-refractivity contribution is -0.137. The smallest absolute Gasteiger partial charge is 0.372 e. The van der Waals surface area contributed by atoms with Gasteiger partial charge in [-0.15, -0.1) is 0 Å². The molecule has 0 fully saturated rings. The summed E-state index contributed by atoms with van der Waals surface area (Å²) >= 11 is 6.03. The van der Waals surface area contributed by atoms with Crippen LogP contribution in [0.1, 0.15) is 25.0 Å². The number of rotatable bonds is 7. The lowest BCUT2D eigenvalue weighted by atomic mass is 10.0. The van der Waals surface area contributed by atoms with Crippen molar-refractivity contribution >= 4 is 29.0 Å². The van der Waals surface area contributed by atoms with Crippen molar-refractivity contribution in [1.29, 1.82) is 0 Å². The van der Waals surface area contributed by atoms with E-state index in [1.807, 2.05) is 26.0 Å². The Morgan fingerprint density at radius 3 is 2.45 bits per heavy atom. The number of hydrogen-bond acceptors (Lipinski definition) is 4. The zero-order valence-electron chi connectivity index (χ0n) is 16.8. The van der Waals surface area contributed by atoms with Crippen LogP contribution in [0.4, 0.5) is 24.7 Å². The van der Waals surface area contributed by atoms with Gasteiger partial charge in [-0.1, -0.05) is 25.4 Å². The number of aromatic nitrogens is 3. The predicted molar refractivity (Wildman–Crippen MR) is 113 cm³/mol. The Hall–Kier alpha value is -3.07. The van der Waals surface area contributed by atoms with E-state index in [1.54, 1.807) is 29.3 Å². The molecule has 0 aliphatic carbocycles. The van der Waals surface area contributed by atoms with Gasteiger partial charge in [0.1, 0.15) is 11.9 Å². The SMILES string of the molecule is CC(C)[C@H](Nc1ccc(C(F)(F)F)cc1Cl)C(=O)Nc1ccnn1Cc1ccncc1. The zero-order valence-corrected chi connectivity index (χ0v) is 17.6. The molecule has 2 aromatic heterocycles. The summed E-state index contributed by atoms with van der Waals surface area (Å²) in [6.07, 6.45) is 0.415. The molecule has 1 aromatic carbocycles. The van der Waals surface area contributed by atoms with E-state index in [0.717, 1.165) is 17.7 Å². The molecule has 0 aliphatic heterocycles. The Balaban J connectivity index is 1.75. The van der Waals surface area contributed by atoms with Crippen molar-refractivity contribution in [1.82, 2.24) is 14.8 Å². The van der Waals surface area contributed by atoms with Crippen LogP contribution < -0.4 is 10.6 Å². The second kappa shape index (κ2) is 9.38. The maximum absolute atomic E-state index is 13.0. The summed E-state index contributed by atoms with van der Waals surface area (Å²) in [5, 5.41) is 9.90. The van der Waals surface area contributed by atoms with Gasteiger partial charge in [-0.2, -0.15) is 18.3 Å². The van der Waals surface area contributed by atoms with Gasteiger partial charge in [-0.25, -0.2) is 4.68 Å². The normalized spacial score (nSPS) is 12.6. The van der Waals surface area contributed by atoms with Crippen molar-refractivity contribution in [3.05, 3.63) is 71.1 Å². The molecular formula is C21H21ClF3N5O. The van der Waals surface area contributed by atoms with Crippen LogP contribution in [0.25, 0.3) is 0 Å². The van der Waals surface area contributed by atoms with Crippen LogP contribution in [-0.4, -0.2) is 26.7 Å². The lowest BCUT2D eigenvalue weighted by Gasteiger charge is -2.24. The average Bonchev–Trinajstić information content (AvgIpc) is 3.13. The fourth-order valence-corrected chi connectivity index (χ4v) is 3.18. The third-order valence-corrected chi connectivity index (χ3v) is 4.92. The second-order valence-corrected chi connectivity index (χ2v) is 7.68. The topological polar surface area (TPSA) is 71.8 Å². The fourth-order valence-electron chi connectivity index (χ4n) is 2.94. The maximum atomic E-state index is 13.0. The van der Waals surface area contributed by atoms with Gasteiger partial charge < -0.3 is 10.6 Å². The highest BCUT2D eigenvalue weighted by atomic mass is 35.5. The van der Waals surface area contributed by atoms with Gasteiger partial charge in [0.05, 0.1) is 29.0 Å². The van der Waals surface area contributed by atoms with Crippen molar-refractivity contribution in [2.45, 2.75) is 32.6 Å². The molecule has 0 unspecified atom stereocenters. The van der Waals surface area contributed by atoms with E-state index in [1.165, 1.54) is 6.07 Å². The van der Waals surface area contributed by atoms with E-state index < -0.39 is 17.8 Å². The first-order chi connectivity index (χ1) is 14.6. The van der Waals surface area contributed by atoms with Gasteiger partial charge in [-0.05, 0) is 41.8 Å². The number of halogens is 4. The fraction of sp³-hybridized carbons (Fsp3) is 0.286. The van der Waals surface area contributed by atoms with E-state index in [0.29, 0.717) is 12.4 Å². The minimum Gasteiger partial charge on any atom is -0.372 e. The van der Waals surface area contributed by atoms with Gasteiger partial charge >= 0.3 is 6.18 Å². The Labute approximate surface area is 182 Å². The Kier molecular flexibility index (Phi) is 6.84. The van der Waals surface area contributed by atoms with Crippen molar-refractivity contribution in [2.75, 3.05) is 10.6 Å². The van der Waals surface area contributed by atoms with Crippen LogP contribution in [0.3, 0.4) is 0 Å². The van der Waals surface area contributed by atoms with Crippen LogP contribution in [0.2, 0.25) is 5.02 Å². The third-order valence-electron chi connectivity index (χ3n) is 4.61. The van der Waals surface area contributed by atoms with Gasteiger partial charge in [0.25, 0.3) is 0 Å². The lowest BCUT2D eigenvalue weighted by Crippen LogP contribution is -2.39. The standard InChI is InChI=1S/C21H21ClF3N5O/c1-13(2)19(28-17-4-3-15(11-16(17)22)21(23,24)25)20(31)29-18-7-10-27-30(18)12-14-5-8-26-9-6-14/h3-11,13,19,28H,12H2,1-2H3,(H,29,31)/t19-/m0/s1. The summed E-state index contributed by atoms with van der Waals surface area (Å²) in [5.74, 6) is -0.0369. The zero-order chi connectivity index (χ0) is 22.6. The molecule has 2 N–H and O–H groups in total. The number of benzene rings is 1. The number of anilines is 2. The minimum atomic E-state index is -4.50. The van der Waals surface area contributed by atoms with Crippen molar-refractivity contribution in [3.63, 3.8) is 0 Å². The molecule has 0 radical (unpaired) electrons. The quantitative estimate of drug-likeness (QED) is 0.526. The largest absolute Gasteiger partial charge is 0.416 e. The molecule has 0 bridgehead atoms. The first kappa shape index (κ1) is 22.6. The first-order valence-electron chi connectivity index (χ1n) is 9.50. The van der Waals surface area contributed by atoms with Crippen LogP contribution in [-0.2, 0) is 17.5 Å². The molecule has 3 aromatic rings. The molecule has 1 atom stereocenters. The van der Waals surface area contributed by atoms with Crippen LogP contribution in [0.15, 0.2) is 55.0 Å². The number of hydrogen-bond donors (Lipinski definition) is 2. The summed E-state index contributed by atoms with van der Waals surface area (Å²) < 4.78 is 40.2. The van der Waals surface area contributed by atoms with Gasteiger partial charge in [0.2, 0.25) is 5.91 Å². The highest BCUT2D eigenvalue weighted by Crippen LogP contribution is 2.34. The number of nitrogens with zero attached hydrogens (tertiary/aromatic N) is 3. The van der Waals surface area contributed by atoms with Crippen LogP contribution >= 0.6 is 11.6 Å². The molecule has 31 heavy (non-hydrogen) atoms. The highest BCUT2D eigenvalue weighted by molar-refractivity contribution is 6.33. The predicted octanol–water partition coefficient (Wildman–Crippen LogP) is 5.07. The number of alkyl halides is 3. The van der Waals surface area contributed by atoms with E-state index in [9.17, 15) is 18.0 Å². The monoisotopic (exact) mass is 451 g/mol. The van der Waals surface area contributed by atoms with Gasteiger partial charge in [0, 0.05) is 18.5 Å². The minimum absolute atomic E-state index is 0.115. The number of carbonyl (C=O) groups excluding carboxylic acids is 1. The van der Waals surface area contributed by atoms with Gasteiger partial charge in [0.15, 0.2) is 0 Å². The summed E-state index contributed by atoms with van der Waals surface area (Å²) in [4.78, 5) is 16.9. The van der Waals surface area contributed by atoms with Gasteiger partial charge in [-0.3, -0.25) is 9.78 Å². The molecule has 0 aliphatic rings. The van der Waals surface area contributed by atoms with E-state index in [4.69, 9.17) is 11.6 Å². The molecule has 0 saturated heterocycles. The van der Waals surface area contributed by atoms with E-state index >= 15 is 0 Å². The molecule has 0 spiro atoms. The van der Waals surface area contributed by atoms with Crippen LogP contribution in [0.5, 0.6) is 0 Å². The first-order valence-corrected chi connectivity index (χ1v) is 9.88. The molecule has 10 heteroatoms. The highest BCUT2D eigenvalue weighted by Gasteiger charge is 2.31. The third kappa shape index (κ3) is 5.75. The summed E-state index contributed by atoms with van der Waals surface area (Å²) in [6, 6.07) is 7.61. The molecule has 6 nitrogen and oxygen atoms in total. The second-order valence-electron chi connectivity index (χ2n) is 7.28. The molecule has 164 valence electrons. The Bertz CT molecular complexity index is 1040. The van der Waals surface area contributed by atoms with Crippen molar-refractivity contribution < 1.29 is 18.0 Å². The summed E-state index contributed by atoms with van der Waals surface area (Å²) in [5.41, 5.74) is 0.353.